The van der Waals surface area contributed by atoms with Crippen LogP contribution in [0.25, 0.3) is 0 Å². The lowest BCUT2D eigenvalue weighted by Gasteiger charge is -2.36. The third-order valence-corrected chi connectivity index (χ3v) is 3.78. The Labute approximate surface area is 117 Å². The van der Waals surface area contributed by atoms with Crippen molar-refractivity contribution in [3.8, 4) is 0 Å². The lowest BCUT2D eigenvalue weighted by molar-refractivity contribution is 0.222. The molecular formula is C17H28N2. The van der Waals surface area contributed by atoms with Crippen LogP contribution in [0.15, 0.2) is 18.2 Å². The molecule has 1 unspecified atom stereocenters. The topological polar surface area (TPSA) is 38.0 Å². The molecule has 19 heavy (non-hydrogen) atoms. The van der Waals surface area contributed by atoms with Crippen molar-refractivity contribution in [3.05, 3.63) is 29.3 Å². The fourth-order valence-corrected chi connectivity index (χ4v) is 3.64. The van der Waals surface area contributed by atoms with E-state index in [1.807, 2.05) is 6.07 Å². The smallest absolute Gasteiger partial charge is 0.0330 e. The van der Waals surface area contributed by atoms with E-state index in [0.29, 0.717) is 11.5 Å². The zero-order valence-electron chi connectivity index (χ0n) is 13.0. The Balaban J connectivity index is 2.10. The molecule has 0 bridgehead atoms. The first-order chi connectivity index (χ1) is 8.66. The van der Waals surface area contributed by atoms with Gasteiger partial charge in [0.25, 0.3) is 0 Å². The highest BCUT2D eigenvalue weighted by Gasteiger charge is 2.31. The summed E-state index contributed by atoms with van der Waals surface area (Å²) in [5.74, 6) is 0. The average molecular weight is 260 g/mol. The number of hydrogen-bond donors (Lipinski definition) is 2. The molecule has 0 aromatic heterocycles. The van der Waals surface area contributed by atoms with Crippen molar-refractivity contribution in [1.82, 2.24) is 5.32 Å². The molecule has 0 saturated carbocycles. The molecule has 2 heteroatoms. The quantitative estimate of drug-likeness (QED) is 0.804. The van der Waals surface area contributed by atoms with E-state index >= 15 is 0 Å². The second kappa shape index (κ2) is 4.82. The van der Waals surface area contributed by atoms with Crippen molar-refractivity contribution >= 4 is 5.69 Å². The molecule has 1 aromatic carbocycles. The molecule has 1 aliphatic carbocycles. The van der Waals surface area contributed by atoms with Crippen LogP contribution in [0.2, 0.25) is 0 Å². The number of aryl methyl sites for hydroxylation is 1. The SMILES string of the molecule is CC(C)(C)CC(C)(C)NC1CCc2cc(N)ccc21. The normalized spacial score (nSPS) is 19.5. The molecule has 0 amide bonds. The van der Waals surface area contributed by atoms with Crippen molar-refractivity contribution in [2.24, 2.45) is 5.41 Å². The predicted molar refractivity (Wildman–Crippen MR) is 83.2 cm³/mol. The third kappa shape index (κ3) is 3.73. The molecule has 2 nitrogen and oxygen atoms in total. The van der Waals surface area contributed by atoms with Gasteiger partial charge >= 0.3 is 0 Å². The minimum Gasteiger partial charge on any atom is -0.399 e. The fraction of sp³-hybridized carbons (Fsp3) is 0.647. The van der Waals surface area contributed by atoms with Crippen LogP contribution in [0.4, 0.5) is 5.69 Å². The van der Waals surface area contributed by atoms with Crippen LogP contribution in [0.1, 0.15) is 64.6 Å². The van der Waals surface area contributed by atoms with Crippen molar-refractivity contribution < 1.29 is 0 Å². The molecule has 2 rings (SSSR count). The maximum Gasteiger partial charge on any atom is 0.0330 e. The number of nitrogens with two attached hydrogens (primary N) is 1. The highest BCUT2D eigenvalue weighted by atomic mass is 15.0. The van der Waals surface area contributed by atoms with Gasteiger partial charge in [0.15, 0.2) is 0 Å². The summed E-state index contributed by atoms with van der Waals surface area (Å²) in [4.78, 5) is 0. The number of nitrogens with one attached hydrogen (secondary N) is 1. The molecule has 106 valence electrons. The summed E-state index contributed by atoms with van der Waals surface area (Å²) in [6.45, 7) is 11.5. The number of anilines is 1. The van der Waals surface area contributed by atoms with Gasteiger partial charge in [-0.05, 0) is 61.8 Å². The maximum absolute atomic E-state index is 5.87. The summed E-state index contributed by atoms with van der Waals surface area (Å²) in [6, 6.07) is 6.83. The van der Waals surface area contributed by atoms with Crippen molar-refractivity contribution in [2.75, 3.05) is 5.73 Å². The maximum atomic E-state index is 5.87. The number of rotatable bonds is 3. The first kappa shape index (κ1) is 14.4. The largest absolute Gasteiger partial charge is 0.399 e. The van der Waals surface area contributed by atoms with E-state index in [-0.39, 0.29) is 5.54 Å². The molecule has 1 aliphatic rings. The van der Waals surface area contributed by atoms with Gasteiger partial charge in [0.1, 0.15) is 0 Å². The van der Waals surface area contributed by atoms with Crippen molar-refractivity contribution in [1.29, 1.82) is 0 Å². The van der Waals surface area contributed by atoms with Gasteiger partial charge in [0.2, 0.25) is 0 Å². The Hall–Kier alpha value is -1.02. The van der Waals surface area contributed by atoms with Crippen LogP contribution >= 0.6 is 0 Å². The Morgan fingerprint density at radius 3 is 2.53 bits per heavy atom. The summed E-state index contributed by atoms with van der Waals surface area (Å²) in [7, 11) is 0. The molecule has 0 fully saturated rings. The summed E-state index contributed by atoms with van der Waals surface area (Å²) in [5, 5.41) is 3.85. The molecule has 0 radical (unpaired) electrons. The van der Waals surface area contributed by atoms with Crippen LogP contribution in [0, 0.1) is 5.41 Å². The average Bonchev–Trinajstić information content (AvgIpc) is 2.56. The fourth-order valence-electron chi connectivity index (χ4n) is 3.64. The van der Waals surface area contributed by atoms with E-state index in [1.54, 1.807) is 0 Å². The zero-order chi connectivity index (χ0) is 14.3. The number of nitrogen functional groups attached to an aromatic ring is 1. The van der Waals surface area contributed by atoms with Crippen LogP contribution in [-0.2, 0) is 6.42 Å². The number of fused-ring (bicyclic) bond motifs is 1. The van der Waals surface area contributed by atoms with E-state index in [1.165, 1.54) is 24.0 Å². The Kier molecular flexibility index (Phi) is 3.65. The first-order valence-electron chi connectivity index (χ1n) is 7.32. The van der Waals surface area contributed by atoms with Crippen molar-refractivity contribution in [3.63, 3.8) is 0 Å². The van der Waals surface area contributed by atoms with E-state index in [2.05, 4.69) is 52.1 Å². The van der Waals surface area contributed by atoms with Gasteiger partial charge in [0, 0.05) is 17.3 Å². The highest BCUT2D eigenvalue weighted by molar-refractivity contribution is 5.47. The van der Waals surface area contributed by atoms with Gasteiger partial charge in [-0.2, -0.15) is 0 Å². The Morgan fingerprint density at radius 1 is 1.21 bits per heavy atom. The monoisotopic (exact) mass is 260 g/mol. The van der Waals surface area contributed by atoms with Crippen LogP contribution in [-0.4, -0.2) is 5.54 Å². The van der Waals surface area contributed by atoms with Gasteiger partial charge in [-0.1, -0.05) is 26.8 Å². The lowest BCUT2D eigenvalue weighted by atomic mass is 9.81. The predicted octanol–water partition coefficient (Wildman–Crippen LogP) is 4.06. The molecule has 0 spiro atoms. The van der Waals surface area contributed by atoms with Crippen LogP contribution < -0.4 is 11.1 Å². The van der Waals surface area contributed by atoms with Gasteiger partial charge < -0.3 is 11.1 Å². The second-order valence-electron chi connectivity index (χ2n) is 7.82. The summed E-state index contributed by atoms with van der Waals surface area (Å²) in [6.07, 6.45) is 3.50. The number of hydrogen-bond acceptors (Lipinski definition) is 2. The van der Waals surface area contributed by atoms with Crippen LogP contribution in [0.5, 0.6) is 0 Å². The van der Waals surface area contributed by atoms with Crippen LogP contribution in [0.3, 0.4) is 0 Å². The Morgan fingerprint density at radius 2 is 1.89 bits per heavy atom. The highest BCUT2D eigenvalue weighted by Crippen LogP contribution is 2.36. The standard InChI is InChI=1S/C17H28N2/c1-16(2,3)11-17(4,5)19-15-9-6-12-10-13(18)7-8-14(12)15/h7-8,10,15,19H,6,9,11,18H2,1-5H3. The summed E-state index contributed by atoms with van der Waals surface area (Å²) >= 11 is 0. The molecule has 0 aliphatic heterocycles. The first-order valence-corrected chi connectivity index (χ1v) is 7.32. The molecule has 0 heterocycles. The second-order valence-corrected chi connectivity index (χ2v) is 7.82. The third-order valence-electron chi connectivity index (χ3n) is 3.78. The minimum absolute atomic E-state index is 0.159. The molecule has 1 aromatic rings. The Bertz CT molecular complexity index is 455. The minimum atomic E-state index is 0.159. The van der Waals surface area contributed by atoms with E-state index in [9.17, 15) is 0 Å². The van der Waals surface area contributed by atoms with E-state index in [4.69, 9.17) is 5.73 Å². The van der Waals surface area contributed by atoms with E-state index in [0.717, 1.165) is 12.1 Å². The molecule has 3 N–H and O–H groups in total. The lowest BCUT2D eigenvalue weighted by Crippen LogP contribution is -2.43. The van der Waals surface area contributed by atoms with Gasteiger partial charge in [-0.3, -0.25) is 0 Å². The molecule has 0 saturated heterocycles. The van der Waals surface area contributed by atoms with Gasteiger partial charge in [-0.15, -0.1) is 0 Å². The zero-order valence-corrected chi connectivity index (χ0v) is 13.0. The number of benzene rings is 1. The van der Waals surface area contributed by atoms with Gasteiger partial charge in [-0.25, -0.2) is 0 Å². The van der Waals surface area contributed by atoms with E-state index < -0.39 is 0 Å². The molecule has 1 atom stereocenters. The summed E-state index contributed by atoms with van der Waals surface area (Å²) in [5.41, 5.74) is 10.1. The van der Waals surface area contributed by atoms with Gasteiger partial charge in [0.05, 0.1) is 0 Å². The molecular weight excluding hydrogens is 232 g/mol. The van der Waals surface area contributed by atoms with Crippen molar-refractivity contribution in [2.45, 2.75) is 65.5 Å². The summed E-state index contributed by atoms with van der Waals surface area (Å²) < 4.78 is 0.